The topological polar surface area (TPSA) is 44.9 Å². The standard InChI is InChI=1S/C20H22N2O/c1-13-10-14(2)20(15(3)11-13)22-19(23)9-8-16-12-21-18-7-5-4-6-17(16)18/h4-7,10-12,21H,8-9H2,1-3H3,(H,22,23). The van der Waals surface area contributed by atoms with Gasteiger partial charge < -0.3 is 10.3 Å². The van der Waals surface area contributed by atoms with E-state index in [1.807, 2.05) is 32.2 Å². The van der Waals surface area contributed by atoms with E-state index in [1.54, 1.807) is 0 Å². The summed E-state index contributed by atoms with van der Waals surface area (Å²) in [6.07, 6.45) is 3.22. The van der Waals surface area contributed by atoms with Crippen molar-refractivity contribution in [2.24, 2.45) is 0 Å². The third kappa shape index (κ3) is 3.29. The fourth-order valence-electron chi connectivity index (χ4n) is 3.17. The Morgan fingerprint density at radius 1 is 1.09 bits per heavy atom. The molecular formula is C20H22N2O. The molecule has 1 amide bonds. The van der Waals surface area contributed by atoms with Gasteiger partial charge in [0.25, 0.3) is 0 Å². The molecular weight excluding hydrogens is 284 g/mol. The quantitative estimate of drug-likeness (QED) is 0.723. The number of para-hydroxylation sites is 1. The lowest BCUT2D eigenvalue weighted by Crippen LogP contribution is -2.14. The van der Waals surface area contributed by atoms with Gasteiger partial charge in [-0.3, -0.25) is 4.79 Å². The van der Waals surface area contributed by atoms with E-state index < -0.39 is 0 Å². The van der Waals surface area contributed by atoms with Crippen molar-refractivity contribution >= 4 is 22.5 Å². The lowest BCUT2D eigenvalue weighted by Gasteiger charge is -2.12. The molecule has 118 valence electrons. The third-order valence-corrected chi connectivity index (χ3v) is 4.24. The van der Waals surface area contributed by atoms with E-state index in [0.717, 1.165) is 28.8 Å². The second-order valence-corrected chi connectivity index (χ2v) is 6.18. The van der Waals surface area contributed by atoms with Crippen LogP contribution in [0, 0.1) is 20.8 Å². The number of hydrogen-bond donors (Lipinski definition) is 2. The predicted octanol–water partition coefficient (Wildman–Crippen LogP) is 4.66. The van der Waals surface area contributed by atoms with E-state index in [2.05, 4.69) is 41.5 Å². The molecule has 0 aliphatic rings. The molecule has 0 saturated carbocycles. The number of amides is 1. The molecule has 0 saturated heterocycles. The lowest BCUT2D eigenvalue weighted by molar-refractivity contribution is -0.116. The Bertz CT molecular complexity index is 838. The van der Waals surface area contributed by atoms with Gasteiger partial charge in [0.15, 0.2) is 0 Å². The summed E-state index contributed by atoms with van der Waals surface area (Å²) in [5.41, 5.74) is 6.70. The predicted molar refractivity (Wildman–Crippen MR) is 95.9 cm³/mol. The van der Waals surface area contributed by atoms with E-state index in [9.17, 15) is 4.79 Å². The van der Waals surface area contributed by atoms with Crippen LogP contribution in [0.15, 0.2) is 42.6 Å². The van der Waals surface area contributed by atoms with Crippen LogP contribution in [0.1, 0.15) is 28.7 Å². The zero-order valence-corrected chi connectivity index (χ0v) is 13.9. The van der Waals surface area contributed by atoms with Gasteiger partial charge in [-0.2, -0.15) is 0 Å². The van der Waals surface area contributed by atoms with Gasteiger partial charge in [-0.1, -0.05) is 35.9 Å². The molecule has 1 aromatic heterocycles. The number of aromatic nitrogens is 1. The summed E-state index contributed by atoms with van der Waals surface area (Å²) in [7, 11) is 0. The molecule has 3 heteroatoms. The van der Waals surface area contributed by atoms with E-state index in [-0.39, 0.29) is 5.91 Å². The largest absolute Gasteiger partial charge is 0.361 e. The monoisotopic (exact) mass is 306 g/mol. The molecule has 1 heterocycles. The van der Waals surface area contributed by atoms with E-state index in [4.69, 9.17) is 0 Å². The SMILES string of the molecule is Cc1cc(C)c(NC(=O)CCc2c[nH]c3ccccc23)c(C)c1. The molecule has 0 radical (unpaired) electrons. The average molecular weight is 306 g/mol. The van der Waals surface area contributed by atoms with E-state index >= 15 is 0 Å². The Balaban J connectivity index is 1.69. The fourth-order valence-corrected chi connectivity index (χ4v) is 3.17. The molecule has 0 unspecified atom stereocenters. The highest BCUT2D eigenvalue weighted by Crippen LogP contribution is 2.23. The summed E-state index contributed by atoms with van der Waals surface area (Å²) in [4.78, 5) is 15.6. The Kier molecular flexibility index (Phi) is 4.20. The van der Waals surface area contributed by atoms with E-state index in [1.165, 1.54) is 16.5 Å². The Labute approximate surface area is 136 Å². The smallest absolute Gasteiger partial charge is 0.224 e. The van der Waals surface area contributed by atoms with Crippen LogP contribution in [0.2, 0.25) is 0 Å². The molecule has 2 aromatic carbocycles. The molecule has 23 heavy (non-hydrogen) atoms. The van der Waals surface area contributed by atoms with Gasteiger partial charge >= 0.3 is 0 Å². The van der Waals surface area contributed by atoms with Crippen molar-refractivity contribution in [1.29, 1.82) is 0 Å². The van der Waals surface area contributed by atoms with E-state index in [0.29, 0.717) is 6.42 Å². The normalized spacial score (nSPS) is 10.9. The maximum absolute atomic E-state index is 12.3. The van der Waals surface area contributed by atoms with Crippen molar-refractivity contribution in [3.8, 4) is 0 Å². The fraction of sp³-hybridized carbons (Fsp3) is 0.250. The summed E-state index contributed by atoms with van der Waals surface area (Å²) in [6, 6.07) is 12.4. The van der Waals surface area contributed by atoms with Crippen molar-refractivity contribution in [3.05, 3.63) is 64.8 Å². The molecule has 2 N–H and O–H groups in total. The summed E-state index contributed by atoms with van der Waals surface area (Å²) in [5.74, 6) is 0.0605. The van der Waals surface area contributed by atoms with Gasteiger partial charge in [-0.25, -0.2) is 0 Å². The van der Waals surface area contributed by atoms with Gasteiger partial charge in [0.2, 0.25) is 5.91 Å². The first kappa shape index (κ1) is 15.3. The zero-order valence-electron chi connectivity index (χ0n) is 13.9. The number of nitrogens with one attached hydrogen (secondary N) is 2. The Hall–Kier alpha value is -2.55. The second kappa shape index (κ2) is 6.29. The van der Waals surface area contributed by atoms with Gasteiger partial charge in [-0.15, -0.1) is 0 Å². The number of rotatable bonds is 4. The number of anilines is 1. The first-order valence-electron chi connectivity index (χ1n) is 7.97. The molecule has 0 atom stereocenters. The number of H-pyrrole nitrogens is 1. The molecule has 0 spiro atoms. The second-order valence-electron chi connectivity index (χ2n) is 6.18. The van der Waals surface area contributed by atoms with Gasteiger partial charge in [0, 0.05) is 29.2 Å². The van der Waals surface area contributed by atoms with Crippen molar-refractivity contribution in [1.82, 2.24) is 4.98 Å². The number of hydrogen-bond acceptors (Lipinski definition) is 1. The zero-order chi connectivity index (χ0) is 16.4. The molecule has 0 fully saturated rings. The maximum atomic E-state index is 12.3. The molecule has 0 bridgehead atoms. The minimum atomic E-state index is 0.0605. The summed E-state index contributed by atoms with van der Waals surface area (Å²) < 4.78 is 0. The first-order valence-corrected chi connectivity index (χ1v) is 7.97. The number of aromatic amines is 1. The Morgan fingerprint density at radius 3 is 2.52 bits per heavy atom. The number of benzene rings is 2. The first-order chi connectivity index (χ1) is 11.0. The van der Waals surface area contributed by atoms with Crippen LogP contribution in [-0.2, 0) is 11.2 Å². The molecule has 3 nitrogen and oxygen atoms in total. The highest BCUT2D eigenvalue weighted by molar-refractivity contribution is 5.93. The molecule has 0 aliphatic heterocycles. The van der Waals surface area contributed by atoms with Crippen molar-refractivity contribution in [2.75, 3.05) is 5.32 Å². The van der Waals surface area contributed by atoms with Gasteiger partial charge in [0.1, 0.15) is 0 Å². The average Bonchev–Trinajstić information content (AvgIpc) is 2.92. The molecule has 3 rings (SSSR count). The minimum Gasteiger partial charge on any atom is -0.361 e. The molecule has 0 aliphatic carbocycles. The van der Waals surface area contributed by atoms with Crippen LogP contribution in [0.4, 0.5) is 5.69 Å². The van der Waals surface area contributed by atoms with Crippen LogP contribution in [0.3, 0.4) is 0 Å². The Morgan fingerprint density at radius 2 is 1.78 bits per heavy atom. The van der Waals surface area contributed by atoms with Crippen molar-refractivity contribution in [2.45, 2.75) is 33.6 Å². The van der Waals surface area contributed by atoms with Crippen LogP contribution in [0.5, 0.6) is 0 Å². The highest BCUT2D eigenvalue weighted by atomic mass is 16.1. The maximum Gasteiger partial charge on any atom is 0.224 e. The van der Waals surface area contributed by atoms with Crippen molar-refractivity contribution < 1.29 is 4.79 Å². The van der Waals surface area contributed by atoms with Crippen LogP contribution in [-0.4, -0.2) is 10.9 Å². The summed E-state index contributed by atoms with van der Waals surface area (Å²) in [5, 5.41) is 4.26. The summed E-state index contributed by atoms with van der Waals surface area (Å²) in [6.45, 7) is 6.15. The lowest BCUT2D eigenvalue weighted by atomic mass is 10.0. The van der Waals surface area contributed by atoms with Crippen molar-refractivity contribution in [3.63, 3.8) is 0 Å². The summed E-state index contributed by atoms with van der Waals surface area (Å²) >= 11 is 0. The third-order valence-electron chi connectivity index (χ3n) is 4.24. The number of carbonyl (C=O) groups excluding carboxylic acids is 1. The highest BCUT2D eigenvalue weighted by Gasteiger charge is 2.10. The molecule has 3 aromatic rings. The number of carbonyl (C=O) groups is 1. The van der Waals surface area contributed by atoms with Gasteiger partial charge in [0.05, 0.1) is 0 Å². The van der Waals surface area contributed by atoms with Crippen LogP contribution in [0.25, 0.3) is 10.9 Å². The van der Waals surface area contributed by atoms with Crippen LogP contribution >= 0.6 is 0 Å². The number of aryl methyl sites for hydroxylation is 4. The minimum absolute atomic E-state index is 0.0605. The number of fused-ring (bicyclic) bond motifs is 1. The van der Waals surface area contributed by atoms with Crippen LogP contribution < -0.4 is 5.32 Å². The van der Waals surface area contributed by atoms with Gasteiger partial charge in [-0.05, 0) is 49.9 Å².